The van der Waals surface area contributed by atoms with Crippen LogP contribution in [0.25, 0.3) is 0 Å². The molecule has 0 fully saturated rings. The lowest BCUT2D eigenvalue weighted by atomic mass is 9.97. The van der Waals surface area contributed by atoms with E-state index in [0.717, 1.165) is 22.5 Å². The molecule has 154 valence electrons. The lowest BCUT2D eigenvalue weighted by Crippen LogP contribution is -2.01. The van der Waals surface area contributed by atoms with Crippen molar-refractivity contribution in [2.45, 2.75) is 41.0 Å². The number of aryl methyl sites for hydroxylation is 1. The van der Waals surface area contributed by atoms with E-state index in [1.54, 1.807) is 6.07 Å². The van der Waals surface area contributed by atoms with Crippen molar-refractivity contribution in [1.29, 1.82) is 0 Å². The van der Waals surface area contributed by atoms with E-state index in [0.29, 0.717) is 17.5 Å². The average Bonchev–Trinajstić information content (AvgIpc) is 2.75. The maximum atomic E-state index is 11.7. The highest BCUT2D eigenvalue weighted by molar-refractivity contribution is 5.99. The Labute approximate surface area is 178 Å². The van der Waals surface area contributed by atoms with Crippen LogP contribution in [0.5, 0.6) is 0 Å². The van der Waals surface area contributed by atoms with Crippen LogP contribution >= 0.6 is 0 Å². The molecule has 0 aliphatic carbocycles. The fourth-order valence-corrected chi connectivity index (χ4v) is 2.84. The van der Waals surface area contributed by atoms with Gasteiger partial charge in [0.1, 0.15) is 0 Å². The van der Waals surface area contributed by atoms with Crippen molar-refractivity contribution in [3.05, 3.63) is 94.5 Å². The van der Waals surface area contributed by atoms with Gasteiger partial charge in [0.15, 0.2) is 11.6 Å². The quantitative estimate of drug-likeness (QED) is 0.319. The smallest absolute Gasteiger partial charge is 0.159 e. The van der Waals surface area contributed by atoms with Gasteiger partial charge in [0.25, 0.3) is 0 Å². The van der Waals surface area contributed by atoms with Crippen molar-refractivity contribution in [3.8, 4) is 0 Å². The number of nitrogens with zero attached hydrogens (tertiary/aromatic N) is 2. The molecule has 3 aromatic rings. The SMILES string of the molecule is CC.CC(=O)c1cc(Cc2ccc(N=Nc3ccc(C)cc3)cc2)cc(C(C)=O)c1. The van der Waals surface area contributed by atoms with Gasteiger partial charge in [0.2, 0.25) is 0 Å². The highest BCUT2D eigenvalue weighted by atomic mass is 16.1. The summed E-state index contributed by atoms with van der Waals surface area (Å²) in [7, 11) is 0. The molecule has 0 spiro atoms. The third kappa shape index (κ3) is 6.59. The van der Waals surface area contributed by atoms with Gasteiger partial charge in [-0.05, 0) is 80.8 Å². The fraction of sp³-hybridized carbons (Fsp3) is 0.231. The van der Waals surface area contributed by atoms with Gasteiger partial charge in [0, 0.05) is 11.1 Å². The molecular formula is C26H28N2O2. The van der Waals surface area contributed by atoms with Gasteiger partial charge >= 0.3 is 0 Å². The van der Waals surface area contributed by atoms with Gasteiger partial charge < -0.3 is 0 Å². The first-order valence-corrected chi connectivity index (χ1v) is 10.1. The molecule has 0 atom stereocenters. The molecule has 0 amide bonds. The predicted octanol–water partition coefficient (Wildman–Crippen LogP) is 7.43. The lowest BCUT2D eigenvalue weighted by molar-refractivity contribution is 0.101. The van der Waals surface area contributed by atoms with Crippen LogP contribution < -0.4 is 0 Å². The zero-order valence-electron chi connectivity index (χ0n) is 18.3. The minimum atomic E-state index is -0.0452. The molecule has 0 bridgehead atoms. The Morgan fingerprint density at radius 3 is 1.53 bits per heavy atom. The van der Waals surface area contributed by atoms with Crippen LogP contribution in [0.2, 0.25) is 0 Å². The highest BCUT2D eigenvalue weighted by Gasteiger charge is 2.08. The van der Waals surface area contributed by atoms with Crippen LogP contribution in [-0.2, 0) is 6.42 Å². The van der Waals surface area contributed by atoms with Crippen molar-refractivity contribution in [2.24, 2.45) is 10.2 Å². The van der Waals surface area contributed by atoms with Crippen LogP contribution in [0.4, 0.5) is 11.4 Å². The van der Waals surface area contributed by atoms with Crippen LogP contribution in [-0.4, -0.2) is 11.6 Å². The van der Waals surface area contributed by atoms with E-state index in [-0.39, 0.29) is 11.6 Å². The zero-order chi connectivity index (χ0) is 22.1. The highest BCUT2D eigenvalue weighted by Crippen LogP contribution is 2.21. The maximum absolute atomic E-state index is 11.7. The summed E-state index contributed by atoms with van der Waals surface area (Å²) in [5, 5.41) is 8.51. The minimum Gasteiger partial charge on any atom is -0.295 e. The van der Waals surface area contributed by atoms with Gasteiger partial charge in [-0.25, -0.2) is 0 Å². The van der Waals surface area contributed by atoms with Crippen molar-refractivity contribution in [1.82, 2.24) is 0 Å². The Morgan fingerprint density at radius 1 is 0.667 bits per heavy atom. The molecule has 30 heavy (non-hydrogen) atoms. The number of hydrogen-bond donors (Lipinski definition) is 0. The first-order chi connectivity index (χ1) is 14.4. The topological polar surface area (TPSA) is 58.9 Å². The normalized spacial score (nSPS) is 10.4. The van der Waals surface area contributed by atoms with E-state index >= 15 is 0 Å². The van der Waals surface area contributed by atoms with E-state index in [9.17, 15) is 9.59 Å². The van der Waals surface area contributed by atoms with Gasteiger partial charge in [0.05, 0.1) is 11.4 Å². The van der Waals surface area contributed by atoms with E-state index in [4.69, 9.17) is 0 Å². The van der Waals surface area contributed by atoms with Crippen molar-refractivity contribution in [2.75, 3.05) is 0 Å². The summed E-state index contributed by atoms with van der Waals surface area (Å²) in [5.41, 5.74) is 5.90. The van der Waals surface area contributed by atoms with Crippen molar-refractivity contribution >= 4 is 22.9 Å². The molecule has 4 nitrogen and oxygen atoms in total. The van der Waals surface area contributed by atoms with Crippen molar-refractivity contribution in [3.63, 3.8) is 0 Å². The predicted molar refractivity (Wildman–Crippen MR) is 122 cm³/mol. The minimum absolute atomic E-state index is 0.0452. The molecule has 0 saturated carbocycles. The molecule has 0 N–H and O–H groups in total. The standard InChI is InChI=1S/C24H22N2O2.C2H6/c1-16-4-8-23(9-5-16)25-26-24-10-6-19(7-11-24)12-20-13-21(17(2)27)15-22(14-20)18(3)28;1-2/h4-11,13-15H,12H2,1-3H3;1-2H3. The molecule has 3 rings (SSSR count). The molecule has 3 aromatic carbocycles. The third-order valence-electron chi connectivity index (χ3n) is 4.47. The summed E-state index contributed by atoms with van der Waals surface area (Å²) in [6, 6.07) is 21.0. The molecule has 0 radical (unpaired) electrons. The van der Waals surface area contributed by atoms with Crippen molar-refractivity contribution < 1.29 is 9.59 Å². The maximum Gasteiger partial charge on any atom is 0.159 e. The number of benzene rings is 3. The number of carbonyl (C=O) groups is 2. The summed E-state index contributed by atoms with van der Waals surface area (Å²) in [6.07, 6.45) is 0.636. The zero-order valence-corrected chi connectivity index (χ0v) is 18.3. The second-order valence-corrected chi connectivity index (χ2v) is 6.91. The number of azo groups is 1. The molecule has 0 aliphatic rings. The van der Waals surface area contributed by atoms with Gasteiger partial charge in [-0.15, -0.1) is 0 Å². The summed E-state index contributed by atoms with van der Waals surface area (Å²) < 4.78 is 0. The van der Waals surface area contributed by atoms with Crippen LogP contribution in [0.15, 0.2) is 77.0 Å². The number of ketones is 2. The fourth-order valence-electron chi connectivity index (χ4n) is 2.84. The van der Waals surface area contributed by atoms with E-state index in [1.165, 1.54) is 19.4 Å². The van der Waals surface area contributed by atoms with Crippen LogP contribution in [0.1, 0.15) is 65.1 Å². The summed E-state index contributed by atoms with van der Waals surface area (Å²) in [4.78, 5) is 23.5. The Morgan fingerprint density at radius 2 is 1.10 bits per heavy atom. The second kappa shape index (κ2) is 11.0. The van der Waals surface area contributed by atoms with Gasteiger partial charge in [-0.3, -0.25) is 9.59 Å². The molecule has 0 heterocycles. The Kier molecular flexibility index (Phi) is 8.36. The van der Waals surface area contributed by atoms with Crippen LogP contribution in [0.3, 0.4) is 0 Å². The molecule has 0 saturated heterocycles. The van der Waals surface area contributed by atoms with E-state index in [2.05, 4.69) is 10.2 Å². The summed E-state index contributed by atoms with van der Waals surface area (Å²) >= 11 is 0. The second-order valence-electron chi connectivity index (χ2n) is 6.91. The Hall–Kier alpha value is -3.40. The monoisotopic (exact) mass is 400 g/mol. The number of hydrogen-bond acceptors (Lipinski definition) is 4. The molecule has 0 aromatic heterocycles. The molecular weight excluding hydrogens is 372 g/mol. The third-order valence-corrected chi connectivity index (χ3v) is 4.47. The number of Topliss-reactive ketones (excluding diaryl/α,β-unsaturated/α-hetero) is 2. The summed E-state index contributed by atoms with van der Waals surface area (Å²) in [5.74, 6) is -0.0903. The van der Waals surface area contributed by atoms with E-state index in [1.807, 2.05) is 81.4 Å². The Bertz CT molecular complexity index is 1000. The first kappa shape index (κ1) is 22.9. The molecule has 0 aliphatic heterocycles. The molecule has 4 heteroatoms. The van der Waals surface area contributed by atoms with Gasteiger partial charge in [-0.1, -0.05) is 43.7 Å². The molecule has 0 unspecified atom stereocenters. The average molecular weight is 401 g/mol. The summed E-state index contributed by atoms with van der Waals surface area (Å²) in [6.45, 7) is 9.05. The lowest BCUT2D eigenvalue weighted by Gasteiger charge is -2.07. The Balaban J connectivity index is 0.00000155. The largest absolute Gasteiger partial charge is 0.295 e. The van der Waals surface area contributed by atoms with Gasteiger partial charge in [-0.2, -0.15) is 10.2 Å². The number of rotatable bonds is 6. The van der Waals surface area contributed by atoms with E-state index < -0.39 is 0 Å². The first-order valence-electron chi connectivity index (χ1n) is 10.1. The van der Waals surface area contributed by atoms with Crippen LogP contribution in [0, 0.1) is 6.92 Å². The number of carbonyl (C=O) groups excluding carboxylic acids is 2.